The molecule has 0 atom stereocenters. The first-order valence-corrected chi connectivity index (χ1v) is 6.51. The summed E-state index contributed by atoms with van der Waals surface area (Å²) in [6, 6.07) is 10.7. The van der Waals surface area contributed by atoms with Gasteiger partial charge in [0.05, 0.1) is 4.55 Å². The van der Waals surface area contributed by atoms with Crippen LogP contribution in [0, 0.1) is 0 Å². The van der Waals surface area contributed by atoms with Gasteiger partial charge in [-0.3, -0.25) is 4.90 Å². The van der Waals surface area contributed by atoms with Gasteiger partial charge >= 0.3 is 0 Å². The summed E-state index contributed by atoms with van der Waals surface area (Å²) in [5, 5.41) is 0. The predicted octanol–water partition coefficient (Wildman–Crippen LogP) is 2.20. The van der Waals surface area contributed by atoms with Crippen molar-refractivity contribution in [2.75, 3.05) is 35.6 Å². The Labute approximate surface area is 99.0 Å². The van der Waals surface area contributed by atoms with Crippen molar-refractivity contribution in [2.24, 2.45) is 0 Å². The number of piperazine rings is 1. The van der Waals surface area contributed by atoms with E-state index in [1.165, 1.54) is 18.8 Å². The highest BCUT2D eigenvalue weighted by Crippen LogP contribution is 2.15. The molecule has 0 unspecified atom stereocenters. The van der Waals surface area contributed by atoms with Crippen molar-refractivity contribution >= 4 is 28.3 Å². The lowest BCUT2D eigenvalue weighted by atomic mass is 10.2. The van der Waals surface area contributed by atoms with Gasteiger partial charge in [-0.15, -0.1) is 0 Å². The molecule has 0 amide bonds. The molecule has 0 saturated carbocycles. The number of para-hydroxylation sites is 1. The van der Waals surface area contributed by atoms with E-state index in [0.29, 0.717) is 0 Å². The predicted molar refractivity (Wildman–Crippen MR) is 69.1 cm³/mol. The van der Waals surface area contributed by atoms with Crippen molar-refractivity contribution in [1.82, 2.24) is 4.90 Å². The Morgan fingerprint density at radius 1 is 1.00 bits per heavy atom. The fourth-order valence-corrected chi connectivity index (χ4v) is 2.45. The second-order valence-corrected chi connectivity index (χ2v) is 4.24. The summed E-state index contributed by atoms with van der Waals surface area (Å²) in [4.78, 5) is 4.95. The van der Waals surface area contributed by atoms with Gasteiger partial charge in [0.1, 0.15) is 0 Å². The van der Waals surface area contributed by atoms with E-state index < -0.39 is 0 Å². The third kappa shape index (κ3) is 2.39. The summed E-state index contributed by atoms with van der Waals surface area (Å²) in [6.07, 6.45) is 0. The van der Waals surface area contributed by atoms with Crippen LogP contribution in [0.15, 0.2) is 30.3 Å². The lowest BCUT2D eigenvalue weighted by Gasteiger charge is -2.35. The van der Waals surface area contributed by atoms with E-state index in [4.69, 9.17) is 0 Å². The zero-order valence-corrected chi connectivity index (χ0v) is 10.4. The SMILES string of the molecule is ICN1CCN(c2ccccc2)CC1. The smallest absolute Gasteiger partial charge is 0.0507 e. The molecule has 0 spiro atoms. The summed E-state index contributed by atoms with van der Waals surface area (Å²) < 4.78 is 1.15. The van der Waals surface area contributed by atoms with E-state index in [-0.39, 0.29) is 0 Å². The standard InChI is InChI=1S/C11H15IN2/c12-10-13-6-8-14(9-7-13)11-4-2-1-3-5-11/h1-5H,6-10H2. The quantitative estimate of drug-likeness (QED) is 0.469. The normalized spacial score (nSPS) is 18.5. The highest BCUT2D eigenvalue weighted by molar-refractivity contribution is 14.1. The van der Waals surface area contributed by atoms with Gasteiger partial charge in [0.2, 0.25) is 0 Å². The Morgan fingerprint density at radius 2 is 1.64 bits per heavy atom. The van der Waals surface area contributed by atoms with Gasteiger partial charge < -0.3 is 4.90 Å². The van der Waals surface area contributed by atoms with Crippen LogP contribution in [-0.2, 0) is 0 Å². The first kappa shape index (κ1) is 10.2. The van der Waals surface area contributed by atoms with Crippen molar-refractivity contribution < 1.29 is 0 Å². The van der Waals surface area contributed by atoms with Crippen LogP contribution < -0.4 is 4.90 Å². The molecule has 1 aromatic rings. The molecule has 14 heavy (non-hydrogen) atoms. The Balaban J connectivity index is 1.96. The number of nitrogens with zero attached hydrogens (tertiary/aromatic N) is 2. The second kappa shape index (κ2) is 4.98. The highest BCUT2D eigenvalue weighted by Gasteiger charge is 2.15. The maximum absolute atomic E-state index is 2.49. The number of halogens is 1. The summed E-state index contributed by atoms with van der Waals surface area (Å²) in [7, 11) is 0. The summed E-state index contributed by atoms with van der Waals surface area (Å²) in [5.74, 6) is 0. The van der Waals surface area contributed by atoms with Crippen molar-refractivity contribution in [1.29, 1.82) is 0 Å². The summed E-state index contributed by atoms with van der Waals surface area (Å²) in [5.41, 5.74) is 1.36. The average Bonchev–Trinajstić information content (AvgIpc) is 2.30. The zero-order valence-electron chi connectivity index (χ0n) is 8.19. The first-order chi connectivity index (χ1) is 6.90. The molecule has 76 valence electrons. The first-order valence-electron chi connectivity index (χ1n) is 4.98. The maximum atomic E-state index is 2.49. The average molecular weight is 302 g/mol. The topological polar surface area (TPSA) is 6.48 Å². The summed E-state index contributed by atoms with van der Waals surface area (Å²) in [6.45, 7) is 4.70. The summed E-state index contributed by atoms with van der Waals surface area (Å²) >= 11 is 2.44. The largest absolute Gasteiger partial charge is 0.369 e. The van der Waals surface area contributed by atoms with E-state index in [0.717, 1.165) is 17.6 Å². The fourth-order valence-electron chi connectivity index (χ4n) is 1.76. The van der Waals surface area contributed by atoms with E-state index >= 15 is 0 Å². The van der Waals surface area contributed by atoms with Crippen LogP contribution in [0.5, 0.6) is 0 Å². The molecule has 1 aliphatic rings. The minimum absolute atomic E-state index is 1.15. The van der Waals surface area contributed by atoms with Crippen molar-refractivity contribution in [3.63, 3.8) is 0 Å². The number of anilines is 1. The van der Waals surface area contributed by atoms with Crippen LogP contribution in [0.1, 0.15) is 0 Å². The lowest BCUT2D eigenvalue weighted by molar-refractivity contribution is 0.307. The number of benzene rings is 1. The van der Waals surface area contributed by atoms with Crippen LogP contribution in [0.2, 0.25) is 0 Å². The Bertz CT molecular complexity index is 268. The van der Waals surface area contributed by atoms with Gasteiger partial charge in [0.25, 0.3) is 0 Å². The molecule has 0 N–H and O–H groups in total. The van der Waals surface area contributed by atoms with Crippen LogP contribution in [0.25, 0.3) is 0 Å². The zero-order chi connectivity index (χ0) is 9.80. The molecule has 2 nitrogen and oxygen atoms in total. The van der Waals surface area contributed by atoms with E-state index in [9.17, 15) is 0 Å². The molecule has 0 radical (unpaired) electrons. The molecule has 0 aliphatic carbocycles. The lowest BCUT2D eigenvalue weighted by Crippen LogP contribution is -2.45. The monoisotopic (exact) mass is 302 g/mol. The van der Waals surface area contributed by atoms with Gasteiger partial charge in [-0.2, -0.15) is 0 Å². The van der Waals surface area contributed by atoms with Crippen molar-refractivity contribution in [3.05, 3.63) is 30.3 Å². The Kier molecular flexibility index (Phi) is 3.64. The number of hydrogen-bond donors (Lipinski definition) is 0. The van der Waals surface area contributed by atoms with Gasteiger partial charge in [-0.25, -0.2) is 0 Å². The minimum Gasteiger partial charge on any atom is -0.369 e. The van der Waals surface area contributed by atoms with E-state index in [1.54, 1.807) is 0 Å². The molecule has 1 heterocycles. The fraction of sp³-hybridized carbons (Fsp3) is 0.455. The molecule has 1 fully saturated rings. The van der Waals surface area contributed by atoms with Crippen molar-refractivity contribution in [2.45, 2.75) is 0 Å². The van der Waals surface area contributed by atoms with E-state index in [2.05, 4.69) is 62.7 Å². The molecule has 0 aromatic heterocycles. The van der Waals surface area contributed by atoms with Gasteiger partial charge in [0, 0.05) is 31.9 Å². The van der Waals surface area contributed by atoms with Crippen LogP contribution in [-0.4, -0.2) is 35.6 Å². The van der Waals surface area contributed by atoms with Crippen LogP contribution >= 0.6 is 22.6 Å². The molecular formula is C11H15IN2. The molecule has 1 aromatic carbocycles. The molecule has 0 bridgehead atoms. The second-order valence-electron chi connectivity index (χ2n) is 3.56. The Hall–Kier alpha value is -0.290. The number of alkyl halides is 1. The molecule has 1 aliphatic heterocycles. The molecule has 1 saturated heterocycles. The Morgan fingerprint density at radius 3 is 2.21 bits per heavy atom. The van der Waals surface area contributed by atoms with Crippen LogP contribution in [0.3, 0.4) is 0 Å². The van der Waals surface area contributed by atoms with Gasteiger partial charge in [-0.05, 0) is 12.1 Å². The van der Waals surface area contributed by atoms with Crippen molar-refractivity contribution in [3.8, 4) is 0 Å². The molecular weight excluding hydrogens is 287 g/mol. The third-order valence-corrected chi connectivity index (χ3v) is 3.63. The van der Waals surface area contributed by atoms with E-state index in [1.807, 2.05) is 0 Å². The molecule has 2 rings (SSSR count). The molecule has 3 heteroatoms. The van der Waals surface area contributed by atoms with Gasteiger partial charge in [-0.1, -0.05) is 40.8 Å². The van der Waals surface area contributed by atoms with Crippen LogP contribution in [0.4, 0.5) is 5.69 Å². The number of hydrogen-bond acceptors (Lipinski definition) is 2. The highest BCUT2D eigenvalue weighted by atomic mass is 127. The minimum atomic E-state index is 1.15. The number of rotatable bonds is 2. The maximum Gasteiger partial charge on any atom is 0.0507 e. The third-order valence-electron chi connectivity index (χ3n) is 2.66. The van der Waals surface area contributed by atoms with Gasteiger partial charge in [0.15, 0.2) is 0 Å².